The normalized spacial score (nSPS) is 11.2. The van der Waals surface area contributed by atoms with Crippen LogP contribution in [0.3, 0.4) is 0 Å². The van der Waals surface area contributed by atoms with Crippen LogP contribution >= 0.6 is 0 Å². The zero-order chi connectivity index (χ0) is 16.5. The largest absolute Gasteiger partial charge is 0.383 e. The highest BCUT2D eigenvalue weighted by Gasteiger charge is 2.15. The van der Waals surface area contributed by atoms with Crippen molar-refractivity contribution in [2.75, 3.05) is 32.1 Å². The van der Waals surface area contributed by atoms with Gasteiger partial charge in [-0.2, -0.15) is 0 Å². The molecule has 1 amide bonds. The maximum Gasteiger partial charge on any atom is 0.225 e. The molecule has 0 spiro atoms. The second kappa shape index (κ2) is 9.59. The third-order valence-corrected chi connectivity index (χ3v) is 3.65. The molecular weight excluding hydrogens is 276 g/mol. The third-order valence-electron chi connectivity index (χ3n) is 3.65. The number of amides is 1. The Labute approximate surface area is 134 Å². The lowest BCUT2D eigenvalue weighted by molar-refractivity contribution is -0.116. The minimum atomic E-state index is 0.0555. The summed E-state index contributed by atoms with van der Waals surface area (Å²) in [4.78, 5) is 12.2. The number of carbonyl (C=O) groups excluding carboxylic acids is 1. The van der Waals surface area contributed by atoms with Crippen molar-refractivity contribution in [3.05, 3.63) is 29.3 Å². The molecule has 0 aliphatic carbocycles. The van der Waals surface area contributed by atoms with Crippen molar-refractivity contribution >= 4 is 11.6 Å². The average Bonchev–Trinajstić information content (AvgIpc) is 2.46. The van der Waals surface area contributed by atoms with Gasteiger partial charge in [0.15, 0.2) is 0 Å². The molecule has 0 bridgehead atoms. The number of para-hydroxylation sites is 1. The maximum absolute atomic E-state index is 12.2. The topological polar surface area (TPSA) is 50.4 Å². The Balaban J connectivity index is 2.72. The van der Waals surface area contributed by atoms with E-state index in [9.17, 15) is 4.79 Å². The van der Waals surface area contributed by atoms with Gasteiger partial charge in [0.25, 0.3) is 0 Å². The fourth-order valence-electron chi connectivity index (χ4n) is 2.40. The summed E-state index contributed by atoms with van der Waals surface area (Å²) >= 11 is 0. The van der Waals surface area contributed by atoms with E-state index in [4.69, 9.17) is 4.74 Å². The summed E-state index contributed by atoms with van der Waals surface area (Å²) in [5.41, 5.74) is 3.40. The van der Waals surface area contributed by atoms with E-state index in [1.54, 1.807) is 7.11 Å². The van der Waals surface area contributed by atoms with Crippen LogP contribution in [0.25, 0.3) is 0 Å². The fourth-order valence-corrected chi connectivity index (χ4v) is 2.40. The van der Waals surface area contributed by atoms with Crippen LogP contribution in [0.4, 0.5) is 5.69 Å². The van der Waals surface area contributed by atoms with Gasteiger partial charge in [0.2, 0.25) is 5.91 Å². The predicted molar refractivity (Wildman–Crippen MR) is 92.6 cm³/mol. The highest BCUT2D eigenvalue weighted by molar-refractivity contribution is 5.92. The van der Waals surface area contributed by atoms with Gasteiger partial charge in [0.1, 0.15) is 0 Å². The van der Waals surface area contributed by atoms with E-state index in [0.717, 1.165) is 12.2 Å². The SMILES string of the molecule is COCCNCCC(=O)Nc1c(C(C)C)cccc1C(C)C. The highest BCUT2D eigenvalue weighted by atomic mass is 16.5. The molecule has 0 atom stereocenters. The van der Waals surface area contributed by atoms with Crippen LogP contribution in [0.15, 0.2) is 18.2 Å². The molecule has 0 unspecified atom stereocenters. The second-order valence-electron chi connectivity index (χ2n) is 6.16. The number of nitrogens with one attached hydrogen (secondary N) is 2. The minimum Gasteiger partial charge on any atom is -0.383 e. The van der Waals surface area contributed by atoms with E-state index in [1.165, 1.54) is 11.1 Å². The number of hydrogen-bond donors (Lipinski definition) is 2. The van der Waals surface area contributed by atoms with Crippen LogP contribution in [-0.2, 0) is 9.53 Å². The summed E-state index contributed by atoms with van der Waals surface area (Å²) in [5.74, 6) is 0.822. The first kappa shape index (κ1) is 18.7. The maximum atomic E-state index is 12.2. The summed E-state index contributed by atoms with van der Waals surface area (Å²) in [6.45, 7) is 10.7. The standard InChI is InChI=1S/C18H30N2O2/c1-13(2)15-7-6-8-16(14(3)4)18(15)20-17(21)9-10-19-11-12-22-5/h6-8,13-14,19H,9-12H2,1-5H3,(H,20,21). The van der Waals surface area contributed by atoms with Crippen LogP contribution < -0.4 is 10.6 Å². The van der Waals surface area contributed by atoms with Crippen molar-refractivity contribution in [3.8, 4) is 0 Å². The number of carbonyl (C=O) groups is 1. The molecule has 22 heavy (non-hydrogen) atoms. The van der Waals surface area contributed by atoms with Gasteiger partial charge in [-0.1, -0.05) is 45.9 Å². The van der Waals surface area contributed by atoms with Gasteiger partial charge >= 0.3 is 0 Å². The van der Waals surface area contributed by atoms with E-state index in [0.29, 0.717) is 31.4 Å². The van der Waals surface area contributed by atoms with E-state index >= 15 is 0 Å². The number of benzene rings is 1. The average molecular weight is 306 g/mol. The molecule has 0 radical (unpaired) electrons. The molecule has 1 rings (SSSR count). The lowest BCUT2D eigenvalue weighted by Crippen LogP contribution is -2.25. The van der Waals surface area contributed by atoms with Crippen molar-refractivity contribution in [1.82, 2.24) is 5.32 Å². The molecule has 4 nitrogen and oxygen atoms in total. The third kappa shape index (κ3) is 5.78. The number of ether oxygens (including phenoxy) is 1. The van der Waals surface area contributed by atoms with Gasteiger partial charge in [-0.15, -0.1) is 0 Å². The Morgan fingerprint density at radius 3 is 2.18 bits per heavy atom. The fraction of sp³-hybridized carbons (Fsp3) is 0.611. The Kier molecular flexibility index (Phi) is 8.13. The molecule has 1 aromatic carbocycles. The van der Waals surface area contributed by atoms with Crippen LogP contribution in [-0.4, -0.2) is 32.7 Å². The zero-order valence-electron chi connectivity index (χ0n) is 14.5. The summed E-state index contributed by atoms with van der Waals surface area (Å²) in [7, 11) is 1.67. The van der Waals surface area contributed by atoms with E-state index in [2.05, 4.69) is 56.5 Å². The first-order valence-corrected chi connectivity index (χ1v) is 8.09. The van der Waals surface area contributed by atoms with Crippen molar-refractivity contribution < 1.29 is 9.53 Å². The summed E-state index contributed by atoms with van der Waals surface area (Å²) in [6, 6.07) is 6.28. The molecule has 0 saturated carbocycles. The van der Waals surface area contributed by atoms with Gasteiger partial charge in [-0.25, -0.2) is 0 Å². The van der Waals surface area contributed by atoms with Crippen molar-refractivity contribution in [2.24, 2.45) is 0 Å². The number of hydrogen-bond acceptors (Lipinski definition) is 3. The molecule has 0 aliphatic rings. The Morgan fingerprint density at radius 2 is 1.68 bits per heavy atom. The molecule has 0 aromatic heterocycles. The van der Waals surface area contributed by atoms with E-state index in [-0.39, 0.29) is 5.91 Å². The first-order chi connectivity index (χ1) is 10.5. The molecule has 1 aromatic rings. The predicted octanol–water partition coefficient (Wildman–Crippen LogP) is 3.50. The van der Waals surface area contributed by atoms with Crippen molar-refractivity contribution in [1.29, 1.82) is 0 Å². The number of anilines is 1. The number of rotatable bonds is 9. The zero-order valence-corrected chi connectivity index (χ0v) is 14.5. The monoisotopic (exact) mass is 306 g/mol. The molecule has 0 fully saturated rings. The molecule has 0 heterocycles. The van der Waals surface area contributed by atoms with Crippen molar-refractivity contribution in [3.63, 3.8) is 0 Å². The quantitative estimate of drug-likeness (QED) is 0.687. The lowest BCUT2D eigenvalue weighted by atomic mass is 9.92. The Bertz CT molecular complexity index is 444. The molecular formula is C18H30N2O2. The Morgan fingerprint density at radius 1 is 1.09 bits per heavy atom. The number of methoxy groups -OCH3 is 1. The highest BCUT2D eigenvalue weighted by Crippen LogP contribution is 2.32. The van der Waals surface area contributed by atoms with E-state index in [1.807, 2.05) is 0 Å². The molecule has 2 N–H and O–H groups in total. The second-order valence-corrected chi connectivity index (χ2v) is 6.16. The molecule has 124 valence electrons. The minimum absolute atomic E-state index is 0.0555. The summed E-state index contributed by atoms with van der Waals surface area (Å²) < 4.78 is 4.97. The smallest absolute Gasteiger partial charge is 0.225 e. The molecule has 0 saturated heterocycles. The van der Waals surface area contributed by atoms with Gasteiger partial charge in [0.05, 0.1) is 6.61 Å². The van der Waals surface area contributed by atoms with Crippen LogP contribution in [0.2, 0.25) is 0 Å². The Hall–Kier alpha value is -1.39. The van der Waals surface area contributed by atoms with Gasteiger partial charge in [-0.05, 0) is 23.0 Å². The first-order valence-electron chi connectivity index (χ1n) is 8.09. The van der Waals surface area contributed by atoms with Crippen LogP contribution in [0.5, 0.6) is 0 Å². The lowest BCUT2D eigenvalue weighted by Gasteiger charge is -2.20. The van der Waals surface area contributed by atoms with Crippen LogP contribution in [0.1, 0.15) is 57.1 Å². The van der Waals surface area contributed by atoms with E-state index < -0.39 is 0 Å². The van der Waals surface area contributed by atoms with Gasteiger partial charge in [-0.3, -0.25) is 4.79 Å². The van der Waals surface area contributed by atoms with Gasteiger partial charge < -0.3 is 15.4 Å². The molecule has 0 aliphatic heterocycles. The van der Waals surface area contributed by atoms with Crippen LogP contribution in [0, 0.1) is 0 Å². The van der Waals surface area contributed by atoms with Crippen molar-refractivity contribution in [2.45, 2.75) is 46.0 Å². The summed E-state index contributed by atoms with van der Waals surface area (Å²) in [6.07, 6.45) is 0.466. The van der Waals surface area contributed by atoms with Gasteiger partial charge in [0, 0.05) is 32.3 Å². The summed E-state index contributed by atoms with van der Waals surface area (Å²) in [5, 5.41) is 6.31. The molecule has 4 heteroatoms.